The molecule has 22 heavy (non-hydrogen) atoms. The average molecular weight is 315 g/mol. The van der Waals surface area contributed by atoms with Gasteiger partial charge in [-0.3, -0.25) is 16.0 Å². The Kier molecular flexibility index (Phi) is 14.3. The Balaban J connectivity index is 4.46. The van der Waals surface area contributed by atoms with Gasteiger partial charge in [-0.15, -0.1) is 0 Å². The maximum absolute atomic E-state index is 3.69. The normalized spacial score (nSPS) is 13.5. The lowest BCUT2D eigenvalue weighted by atomic mass is 9.99. The third kappa shape index (κ3) is 8.47. The smallest absolute Gasteiger partial charge is 0.139 e. The number of nitrogens with one attached hydrogen (secondary N) is 4. The summed E-state index contributed by atoms with van der Waals surface area (Å²) in [4.78, 5) is 0. The SMILES string of the molecule is CCCCCCCCC(NC)C(NC)(NCCC)NCCC. The van der Waals surface area contributed by atoms with Gasteiger partial charge < -0.3 is 5.32 Å². The van der Waals surface area contributed by atoms with E-state index in [9.17, 15) is 0 Å². The molecular weight excluding hydrogens is 272 g/mol. The maximum atomic E-state index is 3.69. The Labute approximate surface area is 139 Å². The van der Waals surface area contributed by atoms with E-state index in [0.29, 0.717) is 6.04 Å². The lowest BCUT2D eigenvalue weighted by Gasteiger charge is -2.42. The van der Waals surface area contributed by atoms with Gasteiger partial charge in [-0.25, -0.2) is 0 Å². The van der Waals surface area contributed by atoms with Gasteiger partial charge in [-0.2, -0.15) is 0 Å². The second kappa shape index (κ2) is 14.4. The molecular formula is C18H42N4. The molecule has 0 aliphatic rings. The summed E-state index contributed by atoms with van der Waals surface area (Å²) in [6, 6.07) is 0.391. The van der Waals surface area contributed by atoms with E-state index in [2.05, 4.69) is 56.1 Å². The second-order valence-electron chi connectivity index (χ2n) is 6.31. The predicted molar refractivity (Wildman–Crippen MR) is 99.2 cm³/mol. The largest absolute Gasteiger partial charge is 0.313 e. The lowest BCUT2D eigenvalue weighted by molar-refractivity contribution is 0.142. The fourth-order valence-corrected chi connectivity index (χ4v) is 3.01. The Bertz CT molecular complexity index is 225. The number of hydrogen-bond donors (Lipinski definition) is 4. The van der Waals surface area contributed by atoms with Crippen molar-refractivity contribution in [1.82, 2.24) is 21.3 Å². The molecule has 0 aromatic rings. The molecule has 0 spiro atoms. The van der Waals surface area contributed by atoms with Crippen molar-refractivity contribution in [3.05, 3.63) is 0 Å². The van der Waals surface area contributed by atoms with E-state index in [1.165, 1.54) is 44.9 Å². The highest BCUT2D eigenvalue weighted by Gasteiger charge is 2.34. The highest BCUT2D eigenvalue weighted by molar-refractivity contribution is 4.93. The van der Waals surface area contributed by atoms with Gasteiger partial charge in [0, 0.05) is 0 Å². The van der Waals surface area contributed by atoms with Crippen LogP contribution in [-0.4, -0.2) is 39.0 Å². The Morgan fingerprint density at radius 3 is 1.73 bits per heavy atom. The first-order valence-corrected chi connectivity index (χ1v) is 9.56. The Hall–Kier alpha value is -0.160. The molecule has 0 rings (SSSR count). The van der Waals surface area contributed by atoms with Crippen LogP contribution in [0.2, 0.25) is 0 Å². The summed E-state index contributed by atoms with van der Waals surface area (Å²) in [5, 5.41) is 14.4. The van der Waals surface area contributed by atoms with Crippen molar-refractivity contribution in [2.75, 3.05) is 27.2 Å². The van der Waals surface area contributed by atoms with Gasteiger partial charge in [0.25, 0.3) is 0 Å². The molecule has 0 aromatic heterocycles. The van der Waals surface area contributed by atoms with Crippen LogP contribution in [0, 0.1) is 0 Å². The van der Waals surface area contributed by atoms with Gasteiger partial charge in [0.2, 0.25) is 0 Å². The van der Waals surface area contributed by atoms with E-state index in [0.717, 1.165) is 25.9 Å². The van der Waals surface area contributed by atoms with Crippen LogP contribution in [0.15, 0.2) is 0 Å². The summed E-state index contributed by atoms with van der Waals surface area (Å²) in [6.07, 6.45) is 11.6. The maximum Gasteiger partial charge on any atom is 0.139 e. The Morgan fingerprint density at radius 1 is 0.727 bits per heavy atom. The van der Waals surface area contributed by atoms with Gasteiger partial charge in [-0.05, 0) is 46.4 Å². The summed E-state index contributed by atoms with van der Waals surface area (Å²) in [6.45, 7) is 8.75. The third-order valence-corrected chi connectivity index (χ3v) is 4.42. The molecule has 0 saturated heterocycles. The van der Waals surface area contributed by atoms with Crippen molar-refractivity contribution in [2.45, 2.75) is 90.4 Å². The predicted octanol–water partition coefficient (Wildman–Crippen LogP) is 3.20. The zero-order valence-electron chi connectivity index (χ0n) is 15.9. The van der Waals surface area contributed by atoms with Crippen molar-refractivity contribution in [2.24, 2.45) is 0 Å². The fourth-order valence-electron chi connectivity index (χ4n) is 3.01. The molecule has 0 amide bonds. The molecule has 1 atom stereocenters. The summed E-state index contributed by atoms with van der Waals surface area (Å²) < 4.78 is 0. The second-order valence-corrected chi connectivity index (χ2v) is 6.31. The number of rotatable bonds is 16. The van der Waals surface area contributed by atoms with E-state index in [1.54, 1.807) is 0 Å². The van der Waals surface area contributed by atoms with Crippen LogP contribution in [0.3, 0.4) is 0 Å². The highest BCUT2D eigenvalue weighted by atomic mass is 15.4. The summed E-state index contributed by atoms with van der Waals surface area (Å²) in [5.41, 5.74) is 0. The van der Waals surface area contributed by atoms with Crippen LogP contribution in [-0.2, 0) is 0 Å². The molecule has 0 aliphatic heterocycles. The van der Waals surface area contributed by atoms with E-state index < -0.39 is 0 Å². The van der Waals surface area contributed by atoms with Crippen molar-refractivity contribution in [1.29, 1.82) is 0 Å². The van der Waals surface area contributed by atoms with Crippen molar-refractivity contribution >= 4 is 0 Å². The van der Waals surface area contributed by atoms with Crippen LogP contribution in [0.5, 0.6) is 0 Å². The number of likely N-dealkylation sites (N-methyl/N-ethyl adjacent to an activating group) is 2. The Morgan fingerprint density at radius 2 is 1.27 bits per heavy atom. The minimum Gasteiger partial charge on any atom is -0.313 e. The topological polar surface area (TPSA) is 48.1 Å². The monoisotopic (exact) mass is 314 g/mol. The zero-order chi connectivity index (χ0) is 16.7. The summed E-state index contributed by atoms with van der Waals surface area (Å²) in [5.74, 6) is -0.204. The average Bonchev–Trinajstić information content (AvgIpc) is 2.55. The first-order valence-electron chi connectivity index (χ1n) is 9.56. The number of unbranched alkanes of at least 4 members (excludes halogenated alkanes) is 5. The van der Waals surface area contributed by atoms with Gasteiger partial charge in [0.1, 0.15) is 5.79 Å². The van der Waals surface area contributed by atoms with E-state index in [1.807, 2.05) is 0 Å². The highest BCUT2D eigenvalue weighted by Crippen LogP contribution is 2.14. The van der Waals surface area contributed by atoms with Crippen LogP contribution in [0.25, 0.3) is 0 Å². The van der Waals surface area contributed by atoms with Crippen LogP contribution in [0.1, 0.15) is 78.6 Å². The summed E-state index contributed by atoms with van der Waals surface area (Å²) in [7, 11) is 4.13. The first-order chi connectivity index (χ1) is 10.7. The third-order valence-electron chi connectivity index (χ3n) is 4.42. The van der Waals surface area contributed by atoms with Gasteiger partial charge in [-0.1, -0.05) is 59.3 Å². The van der Waals surface area contributed by atoms with Gasteiger partial charge in [0.05, 0.1) is 6.04 Å². The molecule has 134 valence electrons. The molecule has 0 radical (unpaired) electrons. The lowest BCUT2D eigenvalue weighted by Crippen LogP contribution is -2.74. The van der Waals surface area contributed by atoms with Crippen molar-refractivity contribution in [3.8, 4) is 0 Å². The van der Waals surface area contributed by atoms with Crippen LogP contribution >= 0.6 is 0 Å². The molecule has 0 heterocycles. The van der Waals surface area contributed by atoms with Crippen LogP contribution < -0.4 is 21.3 Å². The fraction of sp³-hybridized carbons (Fsp3) is 1.00. The van der Waals surface area contributed by atoms with Crippen LogP contribution in [0.4, 0.5) is 0 Å². The first kappa shape index (κ1) is 21.8. The molecule has 0 aromatic carbocycles. The van der Waals surface area contributed by atoms with Gasteiger partial charge in [0.15, 0.2) is 0 Å². The van der Waals surface area contributed by atoms with Gasteiger partial charge >= 0.3 is 0 Å². The minimum atomic E-state index is -0.204. The molecule has 0 fully saturated rings. The molecule has 0 aliphatic carbocycles. The van der Waals surface area contributed by atoms with Crippen molar-refractivity contribution < 1.29 is 0 Å². The number of hydrogen-bond acceptors (Lipinski definition) is 4. The molecule has 4 N–H and O–H groups in total. The summed E-state index contributed by atoms with van der Waals surface area (Å²) >= 11 is 0. The molecule has 0 bridgehead atoms. The van der Waals surface area contributed by atoms with E-state index in [-0.39, 0.29) is 5.79 Å². The quantitative estimate of drug-likeness (QED) is 0.261. The standard InChI is InChI=1S/C18H42N4/c1-6-9-10-11-12-13-14-17(19-4)18(20-5,21-15-7-2)22-16-8-3/h17,19-22H,6-16H2,1-5H3. The molecule has 1 unspecified atom stereocenters. The van der Waals surface area contributed by atoms with Crippen molar-refractivity contribution in [3.63, 3.8) is 0 Å². The van der Waals surface area contributed by atoms with E-state index >= 15 is 0 Å². The minimum absolute atomic E-state index is 0.204. The van der Waals surface area contributed by atoms with E-state index in [4.69, 9.17) is 0 Å². The molecule has 4 heteroatoms. The molecule has 0 saturated carbocycles. The molecule has 4 nitrogen and oxygen atoms in total. The zero-order valence-corrected chi connectivity index (χ0v) is 15.9.